The van der Waals surface area contributed by atoms with E-state index in [4.69, 9.17) is 26.0 Å². The van der Waals surface area contributed by atoms with Gasteiger partial charge in [0.05, 0.1) is 5.56 Å². The van der Waals surface area contributed by atoms with Crippen molar-refractivity contribution in [1.29, 1.82) is 0 Å². The van der Waals surface area contributed by atoms with Gasteiger partial charge in [-0.1, -0.05) is 35.0 Å². The Balaban J connectivity index is 1.69. The number of ether oxygens (including phenoxy) is 1. The van der Waals surface area contributed by atoms with Crippen molar-refractivity contribution in [3.05, 3.63) is 65.0 Å². The van der Waals surface area contributed by atoms with Gasteiger partial charge in [0.1, 0.15) is 5.75 Å². The quantitative estimate of drug-likeness (QED) is 0.768. The number of halogens is 1. The first-order chi connectivity index (χ1) is 11.1. The van der Waals surface area contributed by atoms with Crippen molar-refractivity contribution < 1.29 is 19.2 Å². The molecule has 2 aromatic carbocycles. The first-order valence-corrected chi connectivity index (χ1v) is 7.04. The average molecular weight is 331 g/mol. The largest absolute Gasteiger partial charge is 0.484 e. The van der Waals surface area contributed by atoms with E-state index >= 15 is 0 Å². The number of carbonyl (C=O) groups is 1. The molecular weight excluding hydrogens is 320 g/mol. The van der Waals surface area contributed by atoms with E-state index in [1.807, 2.05) is 0 Å². The van der Waals surface area contributed by atoms with Crippen molar-refractivity contribution in [1.82, 2.24) is 10.1 Å². The minimum atomic E-state index is -0.986. The number of hydrogen-bond acceptors (Lipinski definition) is 5. The van der Waals surface area contributed by atoms with Gasteiger partial charge >= 0.3 is 5.97 Å². The molecule has 0 aliphatic heterocycles. The van der Waals surface area contributed by atoms with E-state index in [1.165, 1.54) is 12.1 Å². The summed E-state index contributed by atoms with van der Waals surface area (Å²) >= 11 is 5.87. The zero-order valence-corrected chi connectivity index (χ0v) is 12.5. The summed E-state index contributed by atoms with van der Waals surface area (Å²) in [5, 5.41) is 13.3. The van der Waals surface area contributed by atoms with Gasteiger partial charge in [-0.3, -0.25) is 0 Å². The molecule has 3 aromatic rings. The van der Waals surface area contributed by atoms with E-state index in [0.29, 0.717) is 28.1 Å². The molecule has 23 heavy (non-hydrogen) atoms. The van der Waals surface area contributed by atoms with Gasteiger partial charge in [0.25, 0.3) is 5.89 Å². The van der Waals surface area contributed by atoms with E-state index < -0.39 is 5.97 Å². The van der Waals surface area contributed by atoms with Gasteiger partial charge in [-0.2, -0.15) is 4.98 Å². The molecule has 0 atom stereocenters. The minimum absolute atomic E-state index is 0.112. The highest BCUT2D eigenvalue weighted by molar-refractivity contribution is 6.30. The number of carboxylic acids is 1. The number of carboxylic acid groups (broad SMARTS) is 1. The Hall–Kier alpha value is -2.86. The molecule has 0 bridgehead atoms. The van der Waals surface area contributed by atoms with Crippen molar-refractivity contribution >= 4 is 17.6 Å². The molecule has 0 aliphatic carbocycles. The summed E-state index contributed by atoms with van der Waals surface area (Å²) < 4.78 is 10.6. The Morgan fingerprint density at radius 3 is 2.70 bits per heavy atom. The van der Waals surface area contributed by atoms with Gasteiger partial charge < -0.3 is 14.4 Å². The van der Waals surface area contributed by atoms with E-state index in [0.717, 1.165) is 0 Å². The molecule has 0 spiro atoms. The van der Waals surface area contributed by atoms with Gasteiger partial charge in [-0.15, -0.1) is 0 Å². The number of hydrogen-bond donors (Lipinski definition) is 1. The van der Waals surface area contributed by atoms with Crippen LogP contribution in [-0.4, -0.2) is 21.2 Å². The third-order valence-corrected chi connectivity index (χ3v) is 3.25. The van der Waals surface area contributed by atoms with Crippen LogP contribution in [0.2, 0.25) is 5.02 Å². The molecule has 6 nitrogen and oxygen atoms in total. The number of rotatable bonds is 5. The standard InChI is InChI=1S/C16H11ClN2O4/c17-12-2-1-3-13(8-12)22-9-14-18-15(19-23-14)10-4-6-11(7-5-10)16(20)21/h1-8H,9H2,(H,20,21). The van der Waals surface area contributed by atoms with E-state index in [9.17, 15) is 4.79 Å². The van der Waals surface area contributed by atoms with Crippen LogP contribution in [-0.2, 0) is 6.61 Å². The summed E-state index contributed by atoms with van der Waals surface area (Å²) in [7, 11) is 0. The normalized spacial score (nSPS) is 10.5. The molecule has 1 N–H and O–H groups in total. The first kappa shape index (κ1) is 15.1. The Bertz CT molecular complexity index is 830. The molecule has 116 valence electrons. The Morgan fingerprint density at radius 1 is 1.22 bits per heavy atom. The third-order valence-electron chi connectivity index (χ3n) is 3.02. The van der Waals surface area contributed by atoms with Crippen LogP contribution >= 0.6 is 11.6 Å². The number of aromatic nitrogens is 2. The first-order valence-electron chi connectivity index (χ1n) is 6.66. The highest BCUT2D eigenvalue weighted by atomic mass is 35.5. The lowest BCUT2D eigenvalue weighted by atomic mass is 10.1. The maximum atomic E-state index is 10.8. The molecule has 0 fully saturated rings. The molecule has 0 saturated heterocycles. The van der Waals surface area contributed by atoms with Crippen molar-refractivity contribution in [2.45, 2.75) is 6.61 Å². The SMILES string of the molecule is O=C(O)c1ccc(-c2noc(COc3cccc(Cl)c3)n2)cc1. The van der Waals surface area contributed by atoms with Crippen molar-refractivity contribution in [2.75, 3.05) is 0 Å². The van der Waals surface area contributed by atoms with Crippen LogP contribution < -0.4 is 4.74 Å². The van der Waals surface area contributed by atoms with Crippen LogP contribution in [0, 0.1) is 0 Å². The van der Waals surface area contributed by atoms with Crippen LogP contribution in [0.5, 0.6) is 5.75 Å². The molecular formula is C16H11ClN2O4. The van der Waals surface area contributed by atoms with Crippen LogP contribution in [0.25, 0.3) is 11.4 Å². The Kier molecular flexibility index (Phi) is 4.25. The summed E-state index contributed by atoms with van der Waals surface area (Å²) in [5.41, 5.74) is 0.856. The molecule has 0 unspecified atom stereocenters. The smallest absolute Gasteiger partial charge is 0.335 e. The zero-order valence-electron chi connectivity index (χ0n) is 11.8. The molecule has 3 rings (SSSR count). The van der Waals surface area contributed by atoms with Crippen molar-refractivity contribution in [3.8, 4) is 17.1 Å². The van der Waals surface area contributed by atoms with Crippen LogP contribution in [0.15, 0.2) is 53.1 Å². The maximum absolute atomic E-state index is 10.8. The van der Waals surface area contributed by atoms with Gasteiger partial charge in [-0.05, 0) is 30.3 Å². The summed E-state index contributed by atoms with van der Waals surface area (Å²) in [5.74, 6) is 0.289. The maximum Gasteiger partial charge on any atom is 0.335 e. The second-order valence-corrected chi connectivity index (χ2v) is 5.08. The predicted octanol–water partition coefficient (Wildman–Crippen LogP) is 3.67. The summed E-state index contributed by atoms with van der Waals surface area (Å²) in [6, 6.07) is 13.2. The van der Waals surface area contributed by atoms with E-state index in [2.05, 4.69) is 10.1 Å². The topological polar surface area (TPSA) is 85.5 Å². The average Bonchev–Trinajstić information content (AvgIpc) is 3.02. The van der Waals surface area contributed by atoms with Crippen LogP contribution in [0.1, 0.15) is 16.2 Å². The van der Waals surface area contributed by atoms with Gasteiger partial charge in [0, 0.05) is 10.6 Å². The fourth-order valence-electron chi connectivity index (χ4n) is 1.89. The van der Waals surface area contributed by atoms with Gasteiger partial charge in [0.15, 0.2) is 6.61 Å². The second-order valence-electron chi connectivity index (χ2n) is 4.64. The molecule has 1 aromatic heterocycles. The summed E-state index contributed by atoms with van der Waals surface area (Å²) in [4.78, 5) is 15.0. The molecule has 0 radical (unpaired) electrons. The summed E-state index contributed by atoms with van der Waals surface area (Å²) in [6.45, 7) is 0.112. The van der Waals surface area contributed by atoms with Crippen molar-refractivity contribution in [2.24, 2.45) is 0 Å². The lowest BCUT2D eigenvalue weighted by Crippen LogP contribution is -1.96. The fraction of sp³-hybridized carbons (Fsp3) is 0.0625. The fourth-order valence-corrected chi connectivity index (χ4v) is 2.07. The van der Waals surface area contributed by atoms with Crippen LogP contribution in [0.3, 0.4) is 0 Å². The van der Waals surface area contributed by atoms with Gasteiger partial charge in [0.2, 0.25) is 5.82 Å². The predicted molar refractivity (Wildman–Crippen MR) is 82.5 cm³/mol. The number of aromatic carboxylic acids is 1. The lowest BCUT2D eigenvalue weighted by molar-refractivity contribution is 0.0697. The minimum Gasteiger partial charge on any atom is -0.484 e. The molecule has 0 amide bonds. The molecule has 7 heteroatoms. The second kappa shape index (κ2) is 6.50. The lowest BCUT2D eigenvalue weighted by Gasteiger charge is -2.02. The Morgan fingerprint density at radius 2 is 2.00 bits per heavy atom. The molecule has 0 saturated carbocycles. The van der Waals surface area contributed by atoms with Gasteiger partial charge in [-0.25, -0.2) is 4.79 Å². The monoisotopic (exact) mass is 330 g/mol. The number of benzene rings is 2. The Labute approximate surface area is 136 Å². The number of nitrogens with zero attached hydrogens (tertiary/aromatic N) is 2. The zero-order chi connectivity index (χ0) is 16.2. The van der Waals surface area contributed by atoms with Crippen LogP contribution in [0.4, 0.5) is 0 Å². The third kappa shape index (κ3) is 3.67. The summed E-state index contributed by atoms with van der Waals surface area (Å²) in [6.07, 6.45) is 0. The molecule has 1 heterocycles. The highest BCUT2D eigenvalue weighted by Gasteiger charge is 2.10. The molecule has 0 aliphatic rings. The van der Waals surface area contributed by atoms with Crippen molar-refractivity contribution in [3.63, 3.8) is 0 Å². The highest BCUT2D eigenvalue weighted by Crippen LogP contribution is 2.20. The van der Waals surface area contributed by atoms with E-state index in [-0.39, 0.29) is 12.2 Å². The van der Waals surface area contributed by atoms with E-state index in [1.54, 1.807) is 36.4 Å².